The van der Waals surface area contributed by atoms with Gasteiger partial charge in [0.05, 0.1) is 6.67 Å². The lowest BCUT2D eigenvalue weighted by molar-refractivity contribution is -0.132. The number of fused-ring (bicyclic) bond motifs is 1. The van der Waals surface area contributed by atoms with Crippen molar-refractivity contribution in [2.24, 2.45) is 0 Å². The summed E-state index contributed by atoms with van der Waals surface area (Å²) in [6, 6.07) is 23.5. The highest BCUT2D eigenvalue weighted by Gasteiger charge is 2.49. The molecule has 148 valence electrons. The summed E-state index contributed by atoms with van der Waals surface area (Å²) in [7, 11) is 0. The predicted molar refractivity (Wildman–Crippen MR) is 114 cm³/mol. The van der Waals surface area contributed by atoms with Crippen LogP contribution >= 0.6 is 0 Å². The first kappa shape index (κ1) is 19.2. The van der Waals surface area contributed by atoms with Crippen LogP contribution in [0.1, 0.15) is 25.0 Å². The Kier molecular flexibility index (Phi) is 5.07. The third kappa shape index (κ3) is 3.49. The molecule has 3 amide bonds. The Balaban J connectivity index is 1.61. The first-order valence-electron chi connectivity index (χ1n) is 9.91. The van der Waals surface area contributed by atoms with E-state index in [9.17, 15) is 9.59 Å². The van der Waals surface area contributed by atoms with Crippen molar-refractivity contribution in [3.63, 3.8) is 0 Å². The van der Waals surface area contributed by atoms with Crippen LogP contribution in [0.2, 0.25) is 0 Å². The standard InChI is InChI=1S/C24H25N3O2/c1-3-26(16-18-10-5-4-6-11-18)17-27-22(28)24(2,25-23(27)29)21-15-9-13-19-12-7-8-14-20(19)21/h4-15H,3,16-17H2,1-2H3,(H,25,29)/t24-/m1/s1. The molecule has 0 aromatic heterocycles. The van der Waals surface area contributed by atoms with E-state index < -0.39 is 5.54 Å². The molecule has 1 heterocycles. The fourth-order valence-corrected chi connectivity index (χ4v) is 3.97. The van der Waals surface area contributed by atoms with Gasteiger partial charge in [-0.1, -0.05) is 79.7 Å². The normalized spacial score (nSPS) is 19.2. The second kappa shape index (κ2) is 7.68. The van der Waals surface area contributed by atoms with Crippen LogP contribution in [-0.2, 0) is 16.9 Å². The number of hydrogen-bond donors (Lipinski definition) is 1. The third-order valence-corrected chi connectivity index (χ3v) is 5.64. The van der Waals surface area contributed by atoms with Crippen molar-refractivity contribution < 1.29 is 9.59 Å². The maximum Gasteiger partial charge on any atom is 0.326 e. The van der Waals surface area contributed by atoms with Gasteiger partial charge >= 0.3 is 6.03 Å². The van der Waals surface area contributed by atoms with Gasteiger partial charge in [0.15, 0.2) is 0 Å². The van der Waals surface area contributed by atoms with Gasteiger partial charge in [0, 0.05) is 6.54 Å². The monoisotopic (exact) mass is 387 g/mol. The van der Waals surface area contributed by atoms with Crippen LogP contribution in [0.4, 0.5) is 4.79 Å². The molecule has 0 unspecified atom stereocenters. The molecule has 1 N–H and O–H groups in total. The molecule has 3 aromatic rings. The van der Waals surface area contributed by atoms with Crippen molar-refractivity contribution in [2.75, 3.05) is 13.2 Å². The van der Waals surface area contributed by atoms with E-state index in [4.69, 9.17) is 0 Å². The Hall–Kier alpha value is -3.18. The van der Waals surface area contributed by atoms with E-state index in [1.807, 2.05) is 67.6 Å². The Labute approximate surface area is 170 Å². The minimum atomic E-state index is -1.08. The molecule has 3 aromatic carbocycles. The number of nitrogens with zero attached hydrogens (tertiary/aromatic N) is 2. The van der Waals surface area contributed by atoms with Crippen LogP contribution < -0.4 is 5.32 Å². The van der Waals surface area contributed by atoms with Crippen molar-refractivity contribution in [2.45, 2.75) is 25.9 Å². The number of benzene rings is 3. The van der Waals surface area contributed by atoms with Gasteiger partial charge in [-0.25, -0.2) is 9.69 Å². The number of imide groups is 1. The van der Waals surface area contributed by atoms with Gasteiger partial charge < -0.3 is 5.32 Å². The molecule has 0 bridgehead atoms. The zero-order valence-electron chi connectivity index (χ0n) is 16.8. The zero-order chi connectivity index (χ0) is 20.4. The Bertz CT molecular complexity index is 1040. The summed E-state index contributed by atoms with van der Waals surface area (Å²) < 4.78 is 0. The van der Waals surface area contributed by atoms with Crippen LogP contribution in [-0.4, -0.2) is 35.0 Å². The maximum atomic E-state index is 13.4. The maximum absolute atomic E-state index is 13.4. The summed E-state index contributed by atoms with van der Waals surface area (Å²) in [5.74, 6) is -0.217. The van der Waals surface area contributed by atoms with Crippen LogP contribution in [0.3, 0.4) is 0 Å². The van der Waals surface area contributed by atoms with Crippen molar-refractivity contribution in [3.05, 3.63) is 83.9 Å². The van der Waals surface area contributed by atoms with E-state index in [1.165, 1.54) is 4.90 Å². The van der Waals surface area contributed by atoms with E-state index in [-0.39, 0.29) is 18.6 Å². The number of nitrogens with one attached hydrogen (secondary N) is 1. The van der Waals surface area contributed by atoms with E-state index in [0.29, 0.717) is 6.54 Å². The smallest absolute Gasteiger partial charge is 0.319 e. The average molecular weight is 387 g/mol. The fraction of sp³-hybridized carbons (Fsp3) is 0.250. The Morgan fingerprint density at radius 3 is 2.38 bits per heavy atom. The Morgan fingerprint density at radius 1 is 0.931 bits per heavy atom. The average Bonchev–Trinajstić information content (AvgIpc) is 2.97. The molecular formula is C24H25N3O2. The lowest BCUT2D eigenvalue weighted by atomic mass is 9.88. The van der Waals surface area contributed by atoms with Gasteiger partial charge in [-0.2, -0.15) is 0 Å². The summed E-state index contributed by atoms with van der Waals surface area (Å²) in [4.78, 5) is 29.6. The summed E-state index contributed by atoms with van der Waals surface area (Å²) in [6.07, 6.45) is 0. The molecule has 29 heavy (non-hydrogen) atoms. The molecule has 1 saturated heterocycles. The minimum Gasteiger partial charge on any atom is -0.319 e. The molecule has 5 nitrogen and oxygen atoms in total. The molecule has 0 radical (unpaired) electrons. The fourth-order valence-electron chi connectivity index (χ4n) is 3.97. The number of amides is 3. The molecule has 0 spiro atoms. The molecule has 5 heteroatoms. The van der Waals surface area contributed by atoms with Crippen molar-refractivity contribution >= 4 is 22.7 Å². The topological polar surface area (TPSA) is 52.6 Å². The number of rotatable bonds is 6. The largest absolute Gasteiger partial charge is 0.326 e. The molecule has 1 aliphatic rings. The predicted octanol–water partition coefficient (Wildman–Crippen LogP) is 4.09. The molecule has 0 aliphatic carbocycles. The molecule has 1 aliphatic heterocycles. The first-order valence-corrected chi connectivity index (χ1v) is 9.91. The third-order valence-electron chi connectivity index (χ3n) is 5.64. The van der Waals surface area contributed by atoms with Gasteiger partial charge in [-0.15, -0.1) is 0 Å². The van der Waals surface area contributed by atoms with Crippen molar-refractivity contribution in [1.29, 1.82) is 0 Å². The summed E-state index contributed by atoms with van der Waals surface area (Å²) in [5, 5.41) is 4.97. The summed E-state index contributed by atoms with van der Waals surface area (Å²) in [5.41, 5.74) is 0.894. The first-order chi connectivity index (χ1) is 14.0. The summed E-state index contributed by atoms with van der Waals surface area (Å²) in [6.45, 7) is 5.50. The number of urea groups is 1. The number of carbonyl (C=O) groups excluding carboxylic acids is 2. The quantitative estimate of drug-likeness (QED) is 0.648. The zero-order valence-corrected chi connectivity index (χ0v) is 16.8. The van der Waals surface area contributed by atoms with Gasteiger partial charge in [-0.3, -0.25) is 9.69 Å². The number of hydrogen-bond acceptors (Lipinski definition) is 3. The highest BCUT2D eigenvalue weighted by Crippen LogP contribution is 2.34. The van der Waals surface area contributed by atoms with E-state index in [0.717, 1.165) is 28.4 Å². The van der Waals surface area contributed by atoms with Crippen molar-refractivity contribution in [3.8, 4) is 0 Å². The van der Waals surface area contributed by atoms with Crippen LogP contribution in [0, 0.1) is 0 Å². The van der Waals surface area contributed by atoms with E-state index in [1.54, 1.807) is 6.92 Å². The second-order valence-electron chi connectivity index (χ2n) is 7.59. The minimum absolute atomic E-state index is 0.217. The van der Waals surface area contributed by atoms with Crippen LogP contribution in [0.15, 0.2) is 72.8 Å². The lowest BCUT2D eigenvalue weighted by Gasteiger charge is -2.27. The lowest BCUT2D eigenvalue weighted by Crippen LogP contribution is -2.43. The highest BCUT2D eigenvalue weighted by atomic mass is 16.2. The van der Waals surface area contributed by atoms with Crippen LogP contribution in [0.25, 0.3) is 10.8 Å². The van der Waals surface area contributed by atoms with Crippen LogP contribution in [0.5, 0.6) is 0 Å². The molecular weight excluding hydrogens is 362 g/mol. The molecule has 0 saturated carbocycles. The molecule has 1 fully saturated rings. The summed E-state index contributed by atoms with van der Waals surface area (Å²) >= 11 is 0. The number of carbonyl (C=O) groups is 2. The van der Waals surface area contributed by atoms with Gasteiger partial charge in [0.1, 0.15) is 5.54 Å². The van der Waals surface area contributed by atoms with Gasteiger partial charge in [0.25, 0.3) is 5.91 Å². The van der Waals surface area contributed by atoms with Gasteiger partial charge in [0.2, 0.25) is 0 Å². The van der Waals surface area contributed by atoms with E-state index in [2.05, 4.69) is 22.3 Å². The van der Waals surface area contributed by atoms with Gasteiger partial charge in [-0.05, 0) is 35.4 Å². The molecule has 1 atom stereocenters. The molecule has 4 rings (SSSR count). The second-order valence-corrected chi connectivity index (χ2v) is 7.59. The van der Waals surface area contributed by atoms with E-state index >= 15 is 0 Å². The SMILES string of the molecule is CCN(Cc1ccccc1)CN1C(=O)N[C@](C)(c2cccc3ccccc23)C1=O. The van der Waals surface area contributed by atoms with Crippen molar-refractivity contribution in [1.82, 2.24) is 15.1 Å². The Morgan fingerprint density at radius 2 is 1.62 bits per heavy atom. The highest BCUT2D eigenvalue weighted by molar-refractivity contribution is 6.09.